The molecule has 0 saturated carbocycles. The van der Waals surface area contributed by atoms with E-state index < -0.39 is 0 Å². The fraction of sp³-hybridized carbons (Fsp3) is 0.136. The Kier molecular flexibility index (Phi) is 8.59. The zero-order valence-corrected chi connectivity index (χ0v) is 21.1. The second kappa shape index (κ2) is 12.0. The smallest absolute Gasteiger partial charge is 0.258 e. The molecule has 9 nitrogen and oxygen atoms in total. The van der Waals surface area contributed by atoms with Crippen LogP contribution in [0.4, 0.5) is 5.13 Å². The van der Waals surface area contributed by atoms with Gasteiger partial charge in [-0.2, -0.15) is 0 Å². The summed E-state index contributed by atoms with van der Waals surface area (Å²) < 4.78 is 7.18. The summed E-state index contributed by atoms with van der Waals surface area (Å²) in [5.74, 6) is 0.558. The van der Waals surface area contributed by atoms with Crippen LogP contribution >= 0.6 is 46.3 Å². The maximum atomic E-state index is 12.3. The Morgan fingerprint density at radius 1 is 1.06 bits per heavy atom. The summed E-state index contributed by atoms with van der Waals surface area (Å²) in [6.07, 6.45) is 1.61. The molecule has 2 aromatic heterocycles. The molecule has 0 spiro atoms. The number of rotatable bonds is 10. The largest absolute Gasteiger partial charge is 0.484 e. The molecule has 0 radical (unpaired) electrons. The van der Waals surface area contributed by atoms with E-state index in [9.17, 15) is 9.59 Å². The third-order valence-corrected chi connectivity index (χ3v) is 6.79. The predicted molar refractivity (Wildman–Crippen MR) is 137 cm³/mol. The van der Waals surface area contributed by atoms with Gasteiger partial charge in [-0.05, 0) is 30.3 Å². The molecule has 0 aliphatic rings. The minimum Gasteiger partial charge on any atom is -0.484 e. The normalized spacial score (nSPS) is 10.7. The number of halogens is 2. The fourth-order valence-corrected chi connectivity index (χ4v) is 4.46. The minimum atomic E-state index is -0.324. The molecule has 2 aromatic carbocycles. The molecule has 4 aromatic rings. The molecular formula is C22H18Cl2N6O3S2. The molecule has 0 aliphatic carbocycles. The van der Waals surface area contributed by atoms with E-state index in [0.717, 1.165) is 0 Å². The van der Waals surface area contributed by atoms with Crippen molar-refractivity contribution in [1.82, 2.24) is 25.1 Å². The molecule has 0 unspecified atom stereocenters. The summed E-state index contributed by atoms with van der Waals surface area (Å²) in [7, 11) is 0. The molecule has 2 amide bonds. The molecule has 4 rings (SSSR count). The van der Waals surface area contributed by atoms with Crippen molar-refractivity contribution in [2.24, 2.45) is 0 Å². The average Bonchev–Trinajstić information content (AvgIpc) is 3.52. The Hall–Kier alpha value is -3.12. The van der Waals surface area contributed by atoms with Gasteiger partial charge in [-0.25, -0.2) is 4.98 Å². The molecule has 2 N–H and O–H groups in total. The summed E-state index contributed by atoms with van der Waals surface area (Å²) in [4.78, 5) is 28.7. The standard InChI is InChI=1S/C22H18Cl2N6O3S2/c23-16-7-6-14(10-17(16)24)30-18(11-26-19(31)12-33-15-4-2-1-3-5-15)28-29-22(30)35-13-20(32)27-21-25-8-9-34-21/h1-10H,11-13H2,(H,26,31)(H,25,27,32). The van der Waals surface area contributed by atoms with Gasteiger partial charge in [-0.1, -0.05) is 53.2 Å². The third-order valence-electron chi connectivity index (χ3n) is 4.43. The number of amides is 2. The third kappa shape index (κ3) is 6.95. The van der Waals surface area contributed by atoms with E-state index in [0.29, 0.717) is 37.6 Å². The maximum Gasteiger partial charge on any atom is 0.258 e. The molecule has 0 atom stereocenters. The summed E-state index contributed by atoms with van der Waals surface area (Å²) in [5, 5.41) is 17.4. The van der Waals surface area contributed by atoms with Gasteiger partial charge in [0, 0.05) is 11.6 Å². The van der Waals surface area contributed by atoms with Gasteiger partial charge in [-0.3, -0.25) is 14.2 Å². The van der Waals surface area contributed by atoms with Crippen molar-refractivity contribution in [3.05, 3.63) is 76.0 Å². The lowest BCUT2D eigenvalue weighted by atomic mass is 10.3. The van der Waals surface area contributed by atoms with Crippen molar-refractivity contribution < 1.29 is 14.3 Å². The summed E-state index contributed by atoms with van der Waals surface area (Å²) in [5.41, 5.74) is 0.636. The molecule has 0 saturated heterocycles. The Morgan fingerprint density at radius 3 is 2.63 bits per heavy atom. The zero-order chi connectivity index (χ0) is 24.6. The monoisotopic (exact) mass is 548 g/mol. The first-order chi connectivity index (χ1) is 17.0. The van der Waals surface area contributed by atoms with Gasteiger partial charge >= 0.3 is 0 Å². The van der Waals surface area contributed by atoms with Gasteiger partial charge in [0.2, 0.25) is 5.91 Å². The highest BCUT2D eigenvalue weighted by molar-refractivity contribution is 7.99. The molecular weight excluding hydrogens is 531 g/mol. The first-order valence-electron chi connectivity index (χ1n) is 10.2. The van der Waals surface area contributed by atoms with Crippen LogP contribution in [0.15, 0.2) is 65.3 Å². The second-order valence-corrected chi connectivity index (χ2v) is 9.54. The van der Waals surface area contributed by atoms with Gasteiger partial charge in [0.15, 0.2) is 22.7 Å². The number of hydrogen-bond donors (Lipinski definition) is 2. The summed E-state index contributed by atoms with van der Waals surface area (Å²) in [6, 6.07) is 14.1. The van der Waals surface area contributed by atoms with Crippen molar-refractivity contribution in [2.45, 2.75) is 11.7 Å². The van der Waals surface area contributed by atoms with E-state index in [1.165, 1.54) is 23.1 Å². The summed E-state index contributed by atoms with van der Waals surface area (Å²) >= 11 is 14.8. The van der Waals surface area contributed by atoms with Crippen LogP contribution in [0, 0.1) is 0 Å². The van der Waals surface area contributed by atoms with Crippen LogP contribution in [0.5, 0.6) is 5.75 Å². The van der Waals surface area contributed by atoms with Crippen LogP contribution in [-0.4, -0.2) is 43.9 Å². The van der Waals surface area contributed by atoms with Gasteiger partial charge in [0.1, 0.15) is 5.75 Å². The molecule has 0 bridgehead atoms. The highest BCUT2D eigenvalue weighted by atomic mass is 35.5. The average molecular weight is 549 g/mol. The zero-order valence-electron chi connectivity index (χ0n) is 18.0. The van der Waals surface area contributed by atoms with Crippen LogP contribution in [0.2, 0.25) is 10.0 Å². The number of ether oxygens (including phenoxy) is 1. The number of carbonyl (C=O) groups excluding carboxylic acids is 2. The van der Waals surface area contributed by atoms with Crippen molar-refractivity contribution >= 4 is 63.2 Å². The lowest BCUT2D eigenvalue weighted by molar-refractivity contribution is -0.123. The fourth-order valence-electron chi connectivity index (χ4n) is 2.86. The SMILES string of the molecule is O=C(COc1ccccc1)NCc1nnc(SCC(=O)Nc2nccs2)n1-c1ccc(Cl)c(Cl)c1. The van der Waals surface area contributed by atoms with E-state index in [1.54, 1.807) is 46.5 Å². The van der Waals surface area contributed by atoms with Crippen LogP contribution in [0.1, 0.15) is 5.82 Å². The van der Waals surface area contributed by atoms with Crippen LogP contribution in [0.3, 0.4) is 0 Å². The van der Waals surface area contributed by atoms with E-state index in [4.69, 9.17) is 27.9 Å². The molecule has 2 heterocycles. The first-order valence-corrected chi connectivity index (χ1v) is 12.8. The summed E-state index contributed by atoms with van der Waals surface area (Å²) in [6.45, 7) is -0.0699. The Labute approximate surface area is 218 Å². The molecule has 35 heavy (non-hydrogen) atoms. The number of thioether (sulfide) groups is 1. The minimum absolute atomic E-state index is 0.0795. The van der Waals surface area contributed by atoms with E-state index in [-0.39, 0.29) is 30.7 Å². The van der Waals surface area contributed by atoms with Gasteiger partial charge in [0.05, 0.1) is 28.0 Å². The quantitative estimate of drug-likeness (QED) is 0.281. The predicted octanol–water partition coefficient (Wildman–Crippen LogP) is 4.46. The number of aromatic nitrogens is 4. The van der Waals surface area contributed by atoms with Gasteiger partial charge in [-0.15, -0.1) is 21.5 Å². The number of nitrogens with zero attached hydrogens (tertiary/aromatic N) is 4. The molecule has 13 heteroatoms. The Bertz CT molecular complexity index is 1300. The van der Waals surface area contributed by atoms with E-state index in [2.05, 4.69) is 25.8 Å². The lowest BCUT2D eigenvalue weighted by Gasteiger charge is -2.12. The van der Waals surface area contributed by atoms with Crippen molar-refractivity contribution in [1.29, 1.82) is 0 Å². The topological polar surface area (TPSA) is 111 Å². The van der Waals surface area contributed by atoms with Gasteiger partial charge in [0.25, 0.3) is 5.91 Å². The van der Waals surface area contributed by atoms with Crippen LogP contribution in [-0.2, 0) is 16.1 Å². The van der Waals surface area contributed by atoms with Crippen LogP contribution in [0.25, 0.3) is 5.69 Å². The van der Waals surface area contributed by atoms with Gasteiger partial charge < -0.3 is 15.4 Å². The van der Waals surface area contributed by atoms with Crippen molar-refractivity contribution in [3.8, 4) is 11.4 Å². The maximum absolute atomic E-state index is 12.3. The number of hydrogen-bond acceptors (Lipinski definition) is 8. The number of para-hydroxylation sites is 1. The first kappa shape index (κ1) is 25.0. The van der Waals surface area contributed by atoms with Crippen molar-refractivity contribution in [2.75, 3.05) is 17.7 Å². The lowest BCUT2D eigenvalue weighted by Crippen LogP contribution is -2.29. The Morgan fingerprint density at radius 2 is 1.89 bits per heavy atom. The van der Waals surface area contributed by atoms with Crippen LogP contribution < -0.4 is 15.4 Å². The molecule has 0 aliphatic heterocycles. The number of carbonyl (C=O) groups is 2. The number of benzene rings is 2. The van der Waals surface area contributed by atoms with E-state index >= 15 is 0 Å². The highest BCUT2D eigenvalue weighted by Gasteiger charge is 2.18. The molecule has 0 fully saturated rings. The number of nitrogens with one attached hydrogen (secondary N) is 2. The number of thiazole rings is 1. The van der Waals surface area contributed by atoms with Crippen molar-refractivity contribution in [3.63, 3.8) is 0 Å². The second-order valence-electron chi connectivity index (χ2n) is 6.89. The Balaban J connectivity index is 1.45. The molecule has 180 valence electrons. The highest BCUT2D eigenvalue weighted by Crippen LogP contribution is 2.28. The number of anilines is 1. The van der Waals surface area contributed by atoms with E-state index in [1.807, 2.05) is 18.2 Å².